The summed E-state index contributed by atoms with van der Waals surface area (Å²) < 4.78 is 0. The van der Waals surface area contributed by atoms with Crippen molar-refractivity contribution >= 4 is 34.0 Å². The number of nitrogens with one attached hydrogen (secondary N) is 2. The van der Waals surface area contributed by atoms with Crippen LogP contribution in [0.1, 0.15) is 24.5 Å². The summed E-state index contributed by atoms with van der Waals surface area (Å²) in [5.74, 6) is -1.32. The maximum absolute atomic E-state index is 11.8. The maximum atomic E-state index is 11.8. The topological polar surface area (TPSA) is 74.3 Å². The lowest BCUT2D eigenvalue weighted by Crippen LogP contribution is -2.36. The van der Waals surface area contributed by atoms with Gasteiger partial charge < -0.3 is 10.2 Å². The fourth-order valence-corrected chi connectivity index (χ4v) is 3.58. The molecular weight excluding hydrogens is 336 g/mol. The lowest BCUT2D eigenvalue weighted by molar-refractivity contribution is -0.136. The maximum Gasteiger partial charge on any atom is 0.315 e. The Bertz CT molecular complexity index is 746. The van der Waals surface area contributed by atoms with E-state index in [2.05, 4.69) is 45.6 Å². The molecule has 0 unspecified atom stereocenters. The van der Waals surface area contributed by atoms with E-state index in [4.69, 9.17) is 0 Å². The largest absolute Gasteiger partial charge is 0.372 e. The second-order valence-electron chi connectivity index (χ2n) is 5.94. The Balaban J connectivity index is 1.50. The minimum atomic E-state index is -0.682. The van der Waals surface area contributed by atoms with Gasteiger partial charge in [0.1, 0.15) is 0 Å². The molecule has 1 aromatic carbocycles. The lowest BCUT2D eigenvalue weighted by atomic mass is 9.98. The van der Waals surface area contributed by atoms with Crippen molar-refractivity contribution in [3.63, 3.8) is 0 Å². The molecule has 0 fully saturated rings. The molecule has 7 heteroatoms. The molecule has 6 nitrogen and oxygen atoms in total. The van der Waals surface area contributed by atoms with Crippen LogP contribution in [0, 0.1) is 0 Å². The lowest BCUT2D eigenvalue weighted by Gasteiger charge is -2.30. The first-order valence-electron chi connectivity index (χ1n) is 8.53. The van der Waals surface area contributed by atoms with Crippen LogP contribution in [0.15, 0.2) is 29.8 Å². The van der Waals surface area contributed by atoms with Gasteiger partial charge in [-0.3, -0.25) is 14.9 Å². The summed E-state index contributed by atoms with van der Waals surface area (Å²) in [7, 11) is 0. The van der Waals surface area contributed by atoms with Crippen LogP contribution in [-0.2, 0) is 22.4 Å². The summed E-state index contributed by atoms with van der Waals surface area (Å²) in [5.41, 5.74) is 3.88. The van der Waals surface area contributed by atoms with Gasteiger partial charge in [-0.05, 0) is 43.4 Å². The smallest absolute Gasteiger partial charge is 0.315 e. The van der Waals surface area contributed by atoms with Gasteiger partial charge in [0.15, 0.2) is 5.13 Å². The highest BCUT2D eigenvalue weighted by Gasteiger charge is 2.16. The van der Waals surface area contributed by atoms with Gasteiger partial charge in [-0.1, -0.05) is 12.1 Å². The van der Waals surface area contributed by atoms with Crippen LogP contribution in [0.4, 0.5) is 10.8 Å². The molecule has 3 rings (SSSR count). The zero-order chi connectivity index (χ0) is 17.6. The van der Waals surface area contributed by atoms with Crippen LogP contribution in [0.3, 0.4) is 0 Å². The van der Waals surface area contributed by atoms with Gasteiger partial charge in [0.25, 0.3) is 0 Å². The Labute approximate surface area is 151 Å². The first kappa shape index (κ1) is 17.4. The van der Waals surface area contributed by atoms with E-state index >= 15 is 0 Å². The Hall–Kier alpha value is -2.41. The van der Waals surface area contributed by atoms with Crippen molar-refractivity contribution < 1.29 is 9.59 Å². The number of anilines is 2. The molecule has 2 amide bonds. The molecule has 0 radical (unpaired) electrons. The van der Waals surface area contributed by atoms with Crippen molar-refractivity contribution in [1.29, 1.82) is 0 Å². The van der Waals surface area contributed by atoms with E-state index < -0.39 is 11.8 Å². The quantitative estimate of drug-likeness (QED) is 0.804. The second kappa shape index (κ2) is 8.11. The second-order valence-corrected chi connectivity index (χ2v) is 6.84. The SMILES string of the molecule is CCN1CCCc2cc(CCNC(=O)C(=O)Nc3nccs3)ccc21. The van der Waals surface area contributed by atoms with Crippen molar-refractivity contribution in [1.82, 2.24) is 10.3 Å². The van der Waals surface area contributed by atoms with Crippen LogP contribution in [0.5, 0.6) is 0 Å². The minimum Gasteiger partial charge on any atom is -0.372 e. The van der Waals surface area contributed by atoms with Gasteiger partial charge in [0.05, 0.1) is 0 Å². The fraction of sp³-hybridized carbons (Fsp3) is 0.389. The third kappa shape index (κ3) is 4.36. The van der Waals surface area contributed by atoms with Crippen LogP contribution in [0.2, 0.25) is 0 Å². The molecule has 25 heavy (non-hydrogen) atoms. The van der Waals surface area contributed by atoms with Crippen LogP contribution in [0.25, 0.3) is 0 Å². The number of hydrogen-bond donors (Lipinski definition) is 2. The molecule has 0 atom stereocenters. The molecule has 0 saturated carbocycles. The van der Waals surface area contributed by atoms with Crippen molar-refractivity contribution in [3.05, 3.63) is 40.9 Å². The number of hydrogen-bond acceptors (Lipinski definition) is 5. The monoisotopic (exact) mass is 358 g/mol. The number of carbonyl (C=O) groups is 2. The normalized spacial score (nSPS) is 13.2. The van der Waals surface area contributed by atoms with Crippen molar-refractivity contribution in [3.8, 4) is 0 Å². The third-order valence-electron chi connectivity index (χ3n) is 4.30. The van der Waals surface area contributed by atoms with Gasteiger partial charge in [-0.15, -0.1) is 11.3 Å². The number of benzene rings is 1. The number of rotatable bonds is 5. The number of nitrogens with zero attached hydrogens (tertiary/aromatic N) is 2. The van der Waals surface area contributed by atoms with E-state index in [1.54, 1.807) is 11.6 Å². The van der Waals surface area contributed by atoms with Gasteiger partial charge in [-0.25, -0.2) is 4.98 Å². The highest BCUT2D eigenvalue weighted by Crippen LogP contribution is 2.27. The average Bonchev–Trinajstić information content (AvgIpc) is 3.13. The highest BCUT2D eigenvalue weighted by molar-refractivity contribution is 7.13. The number of carbonyl (C=O) groups excluding carboxylic acids is 2. The standard InChI is InChI=1S/C18H22N4O2S/c1-2-22-10-3-4-14-12-13(5-6-15(14)22)7-8-19-16(23)17(24)21-18-20-9-11-25-18/h5-6,9,11-12H,2-4,7-8,10H2,1H3,(H,19,23)(H,20,21,24). The molecule has 2 heterocycles. The van der Waals surface area contributed by atoms with E-state index in [0.29, 0.717) is 18.1 Å². The molecule has 0 aliphatic carbocycles. The summed E-state index contributed by atoms with van der Waals surface area (Å²) in [6.07, 6.45) is 4.56. The van der Waals surface area contributed by atoms with Gasteiger partial charge in [-0.2, -0.15) is 0 Å². The molecule has 2 aromatic rings. The molecule has 0 spiro atoms. The Morgan fingerprint density at radius 3 is 2.96 bits per heavy atom. The van der Waals surface area contributed by atoms with E-state index in [-0.39, 0.29) is 0 Å². The zero-order valence-electron chi connectivity index (χ0n) is 14.2. The summed E-state index contributed by atoms with van der Waals surface area (Å²) in [4.78, 5) is 29.9. The predicted molar refractivity (Wildman–Crippen MR) is 100 cm³/mol. The Morgan fingerprint density at radius 2 is 2.20 bits per heavy atom. The van der Waals surface area contributed by atoms with Crippen LogP contribution in [-0.4, -0.2) is 36.4 Å². The average molecular weight is 358 g/mol. The number of aryl methyl sites for hydroxylation is 1. The van der Waals surface area contributed by atoms with Crippen molar-refractivity contribution in [2.24, 2.45) is 0 Å². The number of aromatic nitrogens is 1. The number of fused-ring (bicyclic) bond motifs is 1. The molecule has 2 N–H and O–H groups in total. The van der Waals surface area contributed by atoms with Crippen LogP contribution < -0.4 is 15.5 Å². The molecule has 0 saturated heterocycles. The van der Waals surface area contributed by atoms with Gasteiger partial charge in [0.2, 0.25) is 0 Å². The van der Waals surface area contributed by atoms with E-state index in [9.17, 15) is 9.59 Å². The first-order chi connectivity index (χ1) is 12.2. The van der Waals surface area contributed by atoms with E-state index in [1.165, 1.54) is 34.6 Å². The van der Waals surface area contributed by atoms with Crippen molar-refractivity contribution in [2.45, 2.75) is 26.2 Å². The molecular formula is C18H22N4O2S. The predicted octanol–water partition coefficient (Wildman–Crippen LogP) is 2.21. The summed E-state index contributed by atoms with van der Waals surface area (Å²) >= 11 is 1.28. The highest BCUT2D eigenvalue weighted by atomic mass is 32.1. The molecule has 132 valence electrons. The Kier molecular flexibility index (Phi) is 5.65. The van der Waals surface area contributed by atoms with E-state index in [1.807, 2.05) is 0 Å². The number of thiazole rings is 1. The molecule has 0 bridgehead atoms. The fourth-order valence-electron chi connectivity index (χ4n) is 3.05. The summed E-state index contributed by atoms with van der Waals surface area (Å²) in [5, 5.41) is 7.30. The summed E-state index contributed by atoms with van der Waals surface area (Å²) in [6, 6.07) is 6.50. The molecule has 1 aliphatic heterocycles. The summed E-state index contributed by atoms with van der Waals surface area (Å²) in [6.45, 7) is 4.75. The van der Waals surface area contributed by atoms with E-state index in [0.717, 1.165) is 19.5 Å². The first-order valence-corrected chi connectivity index (χ1v) is 9.40. The minimum absolute atomic E-state index is 0.426. The van der Waals surface area contributed by atoms with Crippen LogP contribution >= 0.6 is 11.3 Å². The van der Waals surface area contributed by atoms with Gasteiger partial charge in [0, 0.05) is 36.9 Å². The van der Waals surface area contributed by atoms with Gasteiger partial charge >= 0.3 is 11.8 Å². The van der Waals surface area contributed by atoms with Crippen molar-refractivity contribution in [2.75, 3.05) is 29.9 Å². The number of amides is 2. The Morgan fingerprint density at radius 1 is 1.32 bits per heavy atom. The molecule has 1 aromatic heterocycles. The zero-order valence-corrected chi connectivity index (χ0v) is 15.1. The third-order valence-corrected chi connectivity index (χ3v) is 4.99. The molecule has 1 aliphatic rings.